The molecule has 614 valence electrons. The van der Waals surface area contributed by atoms with E-state index in [0.29, 0.717) is 38.5 Å². The number of unbranched alkanes of at least 4 members (excludes halogenated alkanes) is 22. The zero-order valence-electron chi connectivity index (χ0n) is 67.2. The summed E-state index contributed by atoms with van der Waals surface area (Å²) in [6.07, 6.45) is 94.9. The molecule has 0 rings (SSSR count). The molecular weight excluding hydrogens is 1400 g/mol. The lowest BCUT2D eigenvalue weighted by atomic mass is 10.1. The van der Waals surface area contributed by atoms with Crippen molar-refractivity contribution < 1.29 is 80.2 Å². The molecule has 4 atom stereocenters. The molecule has 0 aromatic heterocycles. The monoisotopic (exact) mass is 1550 g/mol. The molecule has 0 aliphatic carbocycles. The van der Waals surface area contributed by atoms with Gasteiger partial charge in [-0.3, -0.25) is 37.3 Å². The summed E-state index contributed by atoms with van der Waals surface area (Å²) in [5.74, 6) is -2.39. The van der Waals surface area contributed by atoms with Gasteiger partial charge < -0.3 is 33.8 Å². The van der Waals surface area contributed by atoms with E-state index in [1.807, 2.05) is 36.5 Å². The molecule has 19 heteroatoms. The first-order chi connectivity index (χ1) is 52.7. The maximum absolute atomic E-state index is 13.1. The standard InChI is InChI=1S/C89H146O17P2/c1-5-9-13-17-21-25-29-33-37-39-41-43-47-49-53-57-61-65-69-73-86(91)99-79-84(105-88(93)75-71-67-63-59-55-51-45-35-31-27-23-19-15-11-7-3)81-103-107(95,96)101-77-83(90)78-102-108(97,98)104-82-85(106-89(94)76-72-68-64-60-56-52-46-36-32-28-24-20-16-12-8-4)80-100-87(92)74-70-66-62-58-54-50-48-44-42-40-38-34-30-26-22-18-14-10-6-2/h9-10,13-14,21-22,25-28,31-34,37-38,41-44,49-50,53-54,61-62,65-66,83-85,90H,5-8,11-12,15-20,23-24,29-30,35-36,39-40,45-48,51-52,55-60,63-64,67-82H2,1-4H3,(H,95,96)(H,97,98)/b13-9-,14-10-,25-21-,26-22-,31-27-,32-28-,37-33-,38-34-,43-41-,44-42-,53-49-,54-50-,65-61-,66-62-/t84-,85-/m1/s1. The van der Waals surface area contributed by atoms with E-state index < -0.39 is 97.5 Å². The smallest absolute Gasteiger partial charge is 0.462 e. The average molecular weight is 1550 g/mol. The number of aliphatic hydroxyl groups is 1. The van der Waals surface area contributed by atoms with Gasteiger partial charge in [-0.25, -0.2) is 9.13 Å². The predicted molar refractivity (Wildman–Crippen MR) is 445 cm³/mol. The SMILES string of the molecule is CC/C=C\C/C=C\C/C=C\C/C=C\C/C=C\C/C=C\CCC(=O)OC[C@H](COP(=O)(O)OCC(O)COP(=O)(O)OC[C@@H](COC(=O)CC/C=C\C/C=C\C/C=C\C/C=C\C/C=C\C/C=C\CC)OC(=O)CCCCCCCCC/C=C\CCCCCC)OC(=O)CCCCCCCCC/C=C\CCCCCC. The third-order valence-corrected chi connectivity index (χ3v) is 18.6. The molecule has 3 N–H and O–H groups in total. The minimum absolute atomic E-state index is 0.0294. The van der Waals surface area contributed by atoms with E-state index in [9.17, 15) is 43.2 Å². The Bertz CT molecular complexity index is 2530. The summed E-state index contributed by atoms with van der Waals surface area (Å²) in [5.41, 5.74) is 0. The zero-order chi connectivity index (χ0) is 78.9. The maximum Gasteiger partial charge on any atom is 0.472 e. The topological polar surface area (TPSA) is 237 Å². The Hall–Kier alpha value is -5.58. The van der Waals surface area contributed by atoms with Crippen molar-refractivity contribution in [3.8, 4) is 0 Å². The second-order valence-electron chi connectivity index (χ2n) is 26.9. The van der Waals surface area contributed by atoms with Crippen molar-refractivity contribution in [1.29, 1.82) is 0 Å². The van der Waals surface area contributed by atoms with Crippen LogP contribution in [0.3, 0.4) is 0 Å². The van der Waals surface area contributed by atoms with E-state index in [-0.39, 0.29) is 25.7 Å². The molecule has 0 aliphatic heterocycles. The quantitative estimate of drug-likeness (QED) is 0.0169. The van der Waals surface area contributed by atoms with Gasteiger partial charge in [-0.05, 0) is 154 Å². The largest absolute Gasteiger partial charge is 0.472 e. The summed E-state index contributed by atoms with van der Waals surface area (Å²) >= 11 is 0. The van der Waals surface area contributed by atoms with Gasteiger partial charge in [0.1, 0.15) is 19.3 Å². The van der Waals surface area contributed by atoms with Crippen LogP contribution in [0.2, 0.25) is 0 Å². The zero-order valence-corrected chi connectivity index (χ0v) is 69.0. The molecule has 0 amide bonds. The lowest BCUT2D eigenvalue weighted by Crippen LogP contribution is -2.30. The van der Waals surface area contributed by atoms with E-state index in [1.54, 1.807) is 0 Å². The molecule has 0 spiro atoms. The first-order valence-electron chi connectivity index (χ1n) is 41.4. The summed E-state index contributed by atoms with van der Waals surface area (Å²) in [7, 11) is -10.0. The number of esters is 4. The Morgan fingerprint density at radius 1 is 0.269 bits per heavy atom. The van der Waals surface area contributed by atoms with Crippen LogP contribution in [0, 0.1) is 0 Å². The normalized spacial score (nSPS) is 14.7. The summed E-state index contributed by atoms with van der Waals surface area (Å²) < 4.78 is 68.5. The predicted octanol–water partition coefficient (Wildman–Crippen LogP) is 24.6. The van der Waals surface area contributed by atoms with Gasteiger partial charge in [-0.15, -0.1) is 0 Å². The number of hydrogen-bond acceptors (Lipinski definition) is 15. The molecule has 17 nitrogen and oxygen atoms in total. The lowest BCUT2D eigenvalue weighted by molar-refractivity contribution is -0.161. The first kappa shape index (κ1) is 102. The van der Waals surface area contributed by atoms with E-state index in [2.05, 4.69) is 161 Å². The van der Waals surface area contributed by atoms with Gasteiger partial charge in [-0.1, -0.05) is 301 Å². The van der Waals surface area contributed by atoms with Crippen LogP contribution in [0.5, 0.6) is 0 Å². The van der Waals surface area contributed by atoms with Crippen molar-refractivity contribution >= 4 is 39.5 Å². The van der Waals surface area contributed by atoms with Crippen molar-refractivity contribution in [2.45, 2.75) is 329 Å². The molecule has 0 radical (unpaired) electrons. The molecule has 0 aromatic carbocycles. The van der Waals surface area contributed by atoms with Crippen LogP contribution in [0.1, 0.15) is 310 Å². The highest BCUT2D eigenvalue weighted by molar-refractivity contribution is 7.47. The number of aliphatic hydroxyl groups excluding tert-OH is 1. The molecular formula is C89H146O17P2. The lowest BCUT2D eigenvalue weighted by Gasteiger charge is -2.21. The fourth-order valence-electron chi connectivity index (χ4n) is 10.4. The van der Waals surface area contributed by atoms with Crippen LogP contribution in [-0.4, -0.2) is 96.7 Å². The Balaban J connectivity index is 5.50. The highest BCUT2D eigenvalue weighted by Crippen LogP contribution is 2.45. The van der Waals surface area contributed by atoms with Gasteiger partial charge >= 0.3 is 39.5 Å². The molecule has 0 aliphatic rings. The summed E-state index contributed by atoms with van der Waals surface area (Å²) in [5, 5.41) is 10.7. The number of rotatable bonds is 76. The van der Waals surface area contributed by atoms with Gasteiger partial charge in [0.25, 0.3) is 0 Å². The second-order valence-corrected chi connectivity index (χ2v) is 29.8. The van der Waals surface area contributed by atoms with Crippen LogP contribution in [0.4, 0.5) is 0 Å². The fraction of sp³-hybridized carbons (Fsp3) is 0.640. The third-order valence-electron chi connectivity index (χ3n) is 16.7. The summed E-state index contributed by atoms with van der Waals surface area (Å²) in [4.78, 5) is 73.1. The van der Waals surface area contributed by atoms with Crippen LogP contribution in [0.15, 0.2) is 170 Å². The van der Waals surface area contributed by atoms with E-state index in [0.717, 1.165) is 167 Å². The number of allylic oxidation sites excluding steroid dienone is 28. The first-order valence-corrected chi connectivity index (χ1v) is 44.4. The van der Waals surface area contributed by atoms with Crippen molar-refractivity contribution in [3.05, 3.63) is 170 Å². The van der Waals surface area contributed by atoms with Crippen molar-refractivity contribution in [3.63, 3.8) is 0 Å². The van der Waals surface area contributed by atoms with E-state index >= 15 is 0 Å². The maximum atomic E-state index is 13.1. The highest BCUT2D eigenvalue weighted by atomic mass is 31.2. The van der Waals surface area contributed by atoms with E-state index in [1.165, 1.54) is 51.4 Å². The van der Waals surface area contributed by atoms with Crippen molar-refractivity contribution in [1.82, 2.24) is 0 Å². The van der Waals surface area contributed by atoms with Crippen LogP contribution in [0.25, 0.3) is 0 Å². The minimum atomic E-state index is -5.01. The van der Waals surface area contributed by atoms with Gasteiger partial charge in [0.15, 0.2) is 12.2 Å². The summed E-state index contributed by atoms with van der Waals surface area (Å²) in [6.45, 7) is 4.45. The number of hydrogen-bond donors (Lipinski definition) is 3. The molecule has 0 saturated heterocycles. The van der Waals surface area contributed by atoms with Crippen molar-refractivity contribution in [2.24, 2.45) is 0 Å². The Kier molecular flexibility index (Phi) is 75.4. The van der Waals surface area contributed by atoms with Crippen molar-refractivity contribution in [2.75, 3.05) is 39.6 Å². The molecule has 0 bridgehead atoms. The van der Waals surface area contributed by atoms with Crippen LogP contribution < -0.4 is 0 Å². The third kappa shape index (κ3) is 78.5. The number of carbonyl (C=O) groups is 4. The van der Waals surface area contributed by atoms with Crippen LogP contribution >= 0.6 is 15.6 Å². The molecule has 2 unspecified atom stereocenters. The van der Waals surface area contributed by atoms with E-state index in [4.69, 9.17) is 37.0 Å². The highest BCUT2D eigenvalue weighted by Gasteiger charge is 2.30. The Labute approximate surface area is 654 Å². The molecule has 108 heavy (non-hydrogen) atoms. The van der Waals surface area contributed by atoms with Gasteiger partial charge in [-0.2, -0.15) is 0 Å². The number of ether oxygens (including phenoxy) is 4. The number of phosphoric acid groups is 2. The molecule has 0 saturated carbocycles. The Morgan fingerprint density at radius 3 is 0.778 bits per heavy atom. The fourth-order valence-corrected chi connectivity index (χ4v) is 12.0. The number of carbonyl (C=O) groups excluding carboxylic acids is 4. The average Bonchev–Trinajstić information content (AvgIpc) is 0.923. The van der Waals surface area contributed by atoms with Crippen LogP contribution in [-0.2, 0) is 65.4 Å². The Morgan fingerprint density at radius 2 is 0.500 bits per heavy atom. The second kappa shape index (κ2) is 79.5. The molecule has 0 aromatic rings. The van der Waals surface area contributed by atoms with Gasteiger partial charge in [0, 0.05) is 25.7 Å². The van der Waals surface area contributed by atoms with Gasteiger partial charge in [0.05, 0.1) is 26.4 Å². The summed E-state index contributed by atoms with van der Waals surface area (Å²) in [6, 6.07) is 0. The molecule has 0 heterocycles. The molecule has 0 fully saturated rings. The number of phosphoric ester groups is 2. The van der Waals surface area contributed by atoms with Gasteiger partial charge in [0.2, 0.25) is 0 Å². The minimum Gasteiger partial charge on any atom is -0.462 e.